The minimum atomic E-state index is -4.39. The molecular formula is C20H20ClF3N4. The van der Waals surface area contributed by atoms with Crippen molar-refractivity contribution in [3.8, 4) is 22.8 Å². The first-order chi connectivity index (χ1) is 13.0. The lowest BCUT2D eigenvalue weighted by atomic mass is 10.1. The lowest BCUT2D eigenvalue weighted by Gasteiger charge is -2.14. The van der Waals surface area contributed by atoms with E-state index in [0.29, 0.717) is 17.2 Å². The van der Waals surface area contributed by atoms with E-state index in [4.69, 9.17) is 0 Å². The molecule has 0 amide bonds. The molecule has 1 aliphatic heterocycles. The standard InChI is InChI=1S/C20H19F3N4.ClH/c21-20(22,23)17-8-4-7-16(12-17)19-24-18(25-26-19)15-6-3-5-14(11-15)13-27-9-1-2-10-27;/h3-8,11-12H,1-2,9-10,13H2,(H,24,25,26);1H. The van der Waals surface area contributed by atoms with Crippen LogP contribution in [0.2, 0.25) is 0 Å². The second-order valence-corrected chi connectivity index (χ2v) is 6.77. The maximum Gasteiger partial charge on any atom is 0.416 e. The first kappa shape index (κ1) is 20.4. The SMILES string of the molecule is Cl.FC(F)(F)c1cccc(-c2nc(-c3cccc(CN4CCCC4)c3)n[nH]2)c1. The van der Waals surface area contributed by atoms with E-state index in [1.54, 1.807) is 6.07 Å². The van der Waals surface area contributed by atoms with Gasteiger partial charge in [0.05, 0.1) is 5.56 Å². The highest BCUT2D eigenvalue weighted by Crippen LogP contribution is 2.31. The number of H-pyrrole nitrogens is 1. The molecule has 1 fully saturated rings. The highest BCUT2D eigenvalue weighted by Gasteiger charge is 2.30. The van der Waals surface area contributed by atoms with Crippen LogP contribution in [0.1, 0.15) is 24.0 Å². The van der Waals surface area contributed by atoms with Gasteiger partial charge in [0.25, 0.3) is 0 Å². The number of halogens is 4. The molecule has 1 N–H and O–H groups in total. The lowest BCUT2D eigenvalue weighted by Crippen LogP contribution is -2.18. The monoisotopic (exact) mass is 408 g/mol. The molecule has 1 aromatic heterocycles. The zero-order valence-corrected chi connectivity index (χ0v) is 15.9. The van der Waals surface area contributed by atoms with Gasteiger partial charge < -0.3 is 0 Å². The first-order valence-corrected chi connectivity index (χ1v) is 8.91. The van der Waals surface area contributed by atoms with Crippen LogP contribution in [0, 0.1) is 0 Å². The highest BCUT2D eigenvalue weighted by molar-refractivity contribution is 5.85. The van der Waals surface area contributed by atoms with Crippen molar-refractivity contribution < 1.29 is 13.2 Å². The largest absolute Gasteiger partial charge is 0.416 e. The summed E-state index contributed by atoms with van der Waals surface area (Å²) in [5.41, 5.74) is 1.68. The fourth-order valence-corrected chi connectivity index (χ4v) is 3.37. The third-order valence-corrected chi connectivity index (χ3v) is 4.74. The number of nitrogens with one attached hydrogen (secondary N) is 1. The quantitative estimate of drug-likeness (QED) is 0.647. The third-order valence-electron chi connectivity index (χ3n) is 4.74. The highest BCUT2D eigenvalue weighted by atomic mass is 35.5. The van der Waals surface area contributed by atoms with E-state index >= 15 is 0 Å². The molecule has 4 nitrogen and oxygen atoms in total. The van der Waals surface area contributed by atoms with Crippen molar-refractivity contribution in [2.45, 2.75) is 25.6 Å². The van der Waals surface area contributed by atoms with Gasteiger partial charge in [0.15, 0.2) is 11.6 Å². The summed E-state index contributed by atoms with van der Waals surface area (Å²) in [4.78, 5) is 6.81. The van der Waals surface area contributed by atoms with E-state index < -0.39 is 11.7 Å². The van der Waals surface area contributed by atoms with Gasteiger partial charge in [-0.3, -0.25) is 10.00 Å². The first-order valence-electron chi connectivity index (χ1n) is 8.91. The van der Waals surface area contributed by atoms with Crippen LogP contribution >= 0.6 is 12.4 Å². The summed E-state index contributed by atoms with van der Waals surface area (Å²) in [7, 11) is 0. The number of likely N-dealkylation sites (tertiary alicyclic amines) is 1. The van der Waals surface area contributed by atoms with E-state index in [0.717, 1.165) is 37.3 Å². The Balaban J connectivity index is 0.00000225. The Labute approximate surface area is 167 Å². The minimum Gasteiger partial charge on any atom is -0.299 e. The number of benzene rings is 2. The molecule has 0 saturated carbocycles. The van der Waals surface area contributed by atoms with E-state index in [1.807, 2.05) is 18.2 Å². The number of hydrogen-bond acceptors (Lipinski definition) is 3. The zero-order chi connectivity index (χ0) is 18.9. The van der Waals surface area contributed by atoms with Gasteiger partial charge in [-0.2, -0.15) is 18.3 Å². The predicted molar refractivity (Wildman–Crippen MR) is 104 cm³/mol. The Morgan fingerprint density at radius 2 is 1.68 bits per heavy atom. The minimum absolute atomic E-state index is 0. The Bertz CT molecular complexity index is 933. The molecule has 0 radical (unpaired) electrons. The third kappa shape index (κ3) is 4.54. The molecule has 2 aromatic carbocycles. The fourth-order valence-electron chi connectivity index (χ4n) is 3.37. The van der Waals surface area contributed by atoms with Crippen molar-refractivity contribution in [2.24, 2.45) is 0 Å². The second-order valence-electron chi connectivity index (χ2n) is 6.77. The van der Waals surface area contributed by atoms with Crippen LogP contribution in [-0.2, 0) is 12.7 Å². The summed E-state index contributed by atoms with van der Waals surface area (Å²) < 4.78 is 38.7. The zero-order valence-electron chi connectivity index (χ0n) is 15.0. The van der Waals surface area contributed by atoms with Crippen LogP contribution in [0.3, 0.4) is 0 Å². The van der Waals surface area contributed by atoms with Crippen LogP contribution in [-0.4, -0.2) is 33.2 Å². The van der Waals surface area contributed by atoms with Gasteiger partial charge in [0, 0.05) is 17.7 Å². The normalized spacial score (nSPS) is 14.8. The Morgan fingerprint density at radius 3 is 2.43 bits per heavy atom. The van der Waals surface area contributed by atoms with Crippen molar-refractivity contribution >= 4 is 12.4 Å². The molecule has 8 heteroatoms. The Hall–Kier alpha value is -2.38. The van der Waals surface area contributed by atoms with Crippen molar-refractivity contribution in [3.05, 3.63) is 59.7 Å². The van der Waals surface area contributed by atoms with Crippen LogP contribution in [0.25, 0.3) is 22.8 Å². The molecule has 0 unspecified atom stereocenters. The van der Waals surface area contributed by atoms with Crippen molar-refractivity contribution in [1.29, 1.82) is 0 Å². The molecule has 4 rings (SSSR count). The summed E-state index contributed by atoms with van der Waals surface area (Å²) in [6, 6.07) is 13.1. The van der Waals surface area contributed by atoms with Gasteiger partial charge in [-0.1, -0.05) is 30.3 Å². The molecule has 28 heavy (non-hydrogen) atoms. The summed E-state index contributed by atoms with van der Waals surface area (Å²) in [6.07, 6.45) is -1.91. The van der Waals surface area contributed by atoms with Crippen molar-refractivity contribution in [1.82, 2.24) is 20.1 Å². The molecule has 0 bridgehead atoms. The van der Waals surface area contributed by atoms with Gasteiger partial charge in [-0.05, 0) is 49.7 Å². The average Bonchev–Trinajstić information content (AvgIpc) is 3.33. The van der Waals surface area contributed by atoms with Gasteiger partial charge in [0.1, 0.15) is 0 Å². The number of nitrogens with zero attached hydrogens (tertiary/aromatic N) is 3. The van der Waals surface area contributed by atoms with Crippen LogP contribution < -0.4 is 0 Å². The number of aromatic nitrogens is 3. The van der Waals surface area contributed by atoms with Gasteiger partial charge >= 0.3 is 6.18 Å². The van der Waals surface area contributed by atoms with E-state index in [-0.39, 0.29) is 12.4 Å². The molecule has 3 aromatic rings. The molecule has 0 spiro atoms. The van der Waals surface area contributed by atoms with Gasteiger partial charge in [-0.15, -0.1) is 12.4 Å². The number of aromatic amines is 1. The fraction of sp³-hybridized carbons (Fsp3) is 0.300. The van der Waals surface area contributed by atoms with Crippen LogP contribution in [0.15, 0.2) is 48.5 Å². The van der Waals surface area contributed by atoms with E-state index in [2.05, 4.69) is 26.1 Å². The maximum absolute atomic E-state index is 12.9. The Morgan fingerprint density at radius 1 is 0.964 bits per heavy atom. The summed E-state index contributed by atoms with van der Waals surface area (Å²) in [5.74, 6) is 0.798. The number of rotatable bonds is 4. The van der Waals surface area contributed by atoms with Crippen molar-refractivity contribution in [2.75, 3.05) is 13.1 Å². The molecule has 0 atom stereocenters. The number of alkyl halides is 3. The lowest BCUT2D eigenvalue weighted by molar-refractivity contribution is -0.137. The van der Waals surface area contributed by atoms with Crippen molar-refractivity contribution in [3.63, 3.8) is 0 Å². The number of hydrogen-bond donors (Lipinski definition) is 1. The molecule has 1 saturated heterocycles. The Kier molecular flexibility index (Phi) is 6.05. The summed E-state index contributed by atoms with van der Waals surface area (Å²) in [5, 5.41) is 6.95. The van der Waals surface area contributed by atoms with E-state index in [9.17, 15) is 13.2 Å². The summed E-state index contributed by atoms with van der Waals surface area (Å²) >= 11 is 0. The van der Waals surface area contributed by atoms with Crippen LogP contribution in [0.5, 0.6) is 0 Å². The van der Waals surface area contributed by atoms with Gasteiger partial charge in [0.2, 0.25) is 0 Å². The molecule has 148 valence electrons. The predicted octanol–water partition coefficient (Wildman–Crippen LogP) is 5.18. The molecule has 0 aliphatic carbocycles. The smallest absolute Gasteiger partial charge is 0.299 e. The van der Waals surface area contributed by atoms with Gasteiger partial charge in [-0.25, -0.2) is 4.98 Å². The molecule has 1 aliphatic rings. The maximum atomic E-state index is 12.9. The van der Waals surface area contributed by atoms with E-state index in [1.165, 1.54) is 24.5 Å². The summed E-state index contributed by atoms with van der Waals surface area (Å²) in [6.45, 7) is 3.12. The molecule has 2 heterocycles. The average molecular weight is 409 g/mol. The topological polar surface area (TPSA) is 44.8 Å². The second kappa shape index (κ2) is 8.32. The van der Waals surface area contributed by atoms with Crippen LogP contribution in [0.4, 0.5) is 13.2 Å². The molecular weight excluding hydrogens is 389 g/mol.